The molecule has 2 aliphatic heterocycles. The minimum Gasteiger partial charge on any atom is -0.354 e. The molecule has 0 radical (unpaired) electrons. The number of pyridine rings is 1. The molecule has 0 saturated carbocycles. The molecule has 96 valence electrons. The first-order chi connectivity index (χ1) is 8.66. The first-order valence-electron chi connectivity index (χ1n) is 6.34. The second-order valence-corrected chi connectivity index (χ2v) is 5.85. The molecule has 1 aromatic heterocycles. The van der Waals surface area contributed by atoms with Crippen LogP contribution in [0.25, 0.3) is 0 Å². The number of hydrogen-bond acceptors (Lipinski definition) is 3. The molecule has 2 aliphatic rings. The number of amides is 1. The fourth-order valence-corrected chi connectivity index (χ4v) is 3.15. The lowest BCUT2D eigenvalue weighted by Gasteiger charge is -2.37. The van der Waals surface area contributed by atoms with Crippen molar-refractivity contribution in [2.45, 2.75) is 25.8 Å². The van der Waals surface area contributed by atoms with Crippen molar-refractivity contribution in [3.63, 3.8) is 0 Å². The number of carbonyl (C=O) groups excluding carboxylic acids is 1. The van der Waals surface area contributed by atoms with E-state index < -0.39 is 0 Å². The number of fused-ring (bicyclic) bond motifs is 1. The Labute approximate surface area is 115 Å². The summed E-state index contributed by atoms with van der Waals surface area (Å²) in [5, 5.41) is 2.97. The van der Waals surface area contributed by atoms with Crippen molar-refractivity contribution in [3.8, 4) is 0 Å². The summed E-state index contributed by atoms with van der Waals surface area (Å²) in [4.78, 5) is 18.6. The van der Waals surface area contributed by atoms with Crippen LogP contribution in [0.4, 0.5) is 5.82 Å². The van der Waals surface area contributed by atoms with E-state index in [4.69, 9.17) is 0 Å². The van der Waals surface area contributed by atoms with Gasteiger partial charge < -0.3 is 10.2 Å². The van der Waals surface area contributed by atoms with Gasteiger partial charge >= 0.3 is 0 Å². The summed E-state index contributed by atoms with van der Waals surface area (Å²) in [5.41, 5.74) is 0.993. The molecule has 1 N–H and O–H groups in total. The monoisotopic (exact) mass is 309 g/mol. The Morgan fingerprint density at radius 1 is 1.50 bits per heavy atom. The topological polar surface area (TPSA) is 45.2 Å². The van der Waals surface area contributed by atoms with Crippen LogP contribution in [-0.2, 0) is 4.79 Å². The van der Waals surface area contributed by atoms with Crippen LogP contribution in [0.1, 0.15) is 18.5 Å². The van der Waals surface area contributed by atoms with E-state index in [1.165, 1.54) is 0 Å². The number of rotatable bonds is 1. The Morgan fingerprint density at radius 3 is 3.11 bits per heavy atom. The van der Waals surface area contributed by atoms with Gasteiger partial charge in [0.15, 0.2) is 0 Å². The molecule has 18 heavy (non-hydrogen) atoms. The van der Waals surface area contributed by atoms with E-state index >= 15 is 0 Å². The number of aromatic nitrogens is 1. The Kier molecular flexibility index (Phi) is 3.01. The highest BCUT2D eigenvalue weighted by molar-refractivity contribution is 9.10. The highest BCUT2D eigenvalue weighted by Crippen LogP contribution is 2.31. The zero-order chi connectivity index (χ0) is 12.7. The van der Waals surface area contributed by atoms with Gasteiger partial charge in [-0.1, -0.05) is 0 Å². The number of aryl methyl sites for hydroxylation is 1. The van der Waals surface area contributed by atoms with Gasteiger partial charge in [-0.3, -0.25) is 4.79 Å². The molecule has 2 unspecified atom stereocenters. The molecular weight excluding hydrogens is 294 g/mol. The Morgan fingerprint density at radius 2 is 2.33 bits per heavy atom. The number of anilines is 1. The van der Waals surface area contributed by atoms with Crippen LogP contribution >= 0.6 is 15.9 Å². The quantitative estimate of drug-likeness (QED) is 0.861. The highest BCUT2D eigenvalue weighted by atomic mass is 79.9. The van der Waals surface area contributed by atoms with E-state index in [-0.39, 0.29) is 17.9 Å². The smallest absolute Gasteiger partial charge is 0.225 e. The summed E-state index contributed by atoms with van der Waals surface area (Å²) in [6.45, 7) is 3.73. The van der Waals surface area contributed by atoms with Crippen molar-refractivity contribution in [1.29, 1.82) is 0 Å². The van der Waals surface area contributed by atoms with Gasteiger partial charge in [-0.25, -0.2) is 4.98 Å². The number of piperidine rings is 1. The molecule has 4 nitrogen and oxygen atoms in total. The van der Waals surface area contributed by atoms with Crippen LogP contribution in [0.3, 0.4) is 0 Å². The van der Waals surface area contributed by atoms with Crippen LogP contribution in [0.2, 0.25) is 0 Å². The van der Waals surface area contributed by atoms with Gasteiger partial charge in [0.2, 0.25) is 5.91 Å². The van der Waals surface area contributed by atoms with E-state index in [2.05, 4.69) is 31.1 Å². The van der Waals surface area contributed by atoms with Crippen molar-refractivity contribution < 1.29 is 4.79 Å². The second kappa shape index (κ2) is 4.53. The van der Waals surface area contributed by atoms with Gasteiger partial charge in [0.25, 0.3) is 0 Å². The Balaban J connectivity index is 1.91. The summed E-state index contributed by atoms with van der Waals surface area (Å²) in [7, 11) is 0. The van der Waals surface area contributed by atoms with Crippen molar-refractivity contribution in [3.05, 3.63) is 22.3 Å². The first kappa shape index (κ1) is 12.0. The number of nitrogens with zero attached hydrogens (tertiary/aromatic N) is 2. The van der Waals surface area contributed by atoms with Crippen LogP contribution in [0.15, 0.2) is 16.6 Å². The van der Waals surface area contributed by atoms with Crippen LogP contribution in [-0.4, -0.2) is 30.0 Å². The van der Waals surface area contributed by atoms with Crippen molar-refractivity contribution >= 4 is 27.7 Å². The van der Waals surface area contributed by atoms with E-state index in [0.29, 0.717) is 0 Å². The maximum absolute atomic E-state index is 11.7. The fourth-order valence-electron chi connectivity index (χ4n) is 2.93. The van der Waals surface area contributed by atoms with Crippen LogP contribution in [0, 0.1) is 12.8 Å². The third-order valence-electron chi connectivity index (χ3n) is 3.90. The highest BCUT2D eigenvalue weighted by Gasteiger charge is 2.41. The molecule has 0 aliphatic carbocycles. The standard InChI is InChI=1S/C13H16BrN3O/c1-8-10(14)4-5-12(16-8)17-6-2-3-9-11(17)7-15-13(9)18/h4-5,9,11H,2-3,6-7H2,1H3,(H,15,18). The van der Waals surface area contributed by atoms with Crippen LogP contribution < -0.4 is 10.2 Å². The van der Waals surface area contributed by atoms with Crippen LogP contribution in [0.5, 0.6) is 0 Å². The van der Waals surface area contributed by atoms with E-state index in [1.807, 2.05) is 19.1 Å². The zero-order valence-electron chi connectivity index (χ0n) is 10.3. The lowest BCUT2D eigenvalue weighted by molar-refractivity contribution is -0.122. The molecule has 3 heterocycles. The van der Waals surface area contributed by atoms with Gasteiger partial charge in [0.1, 0.15) is 5.82 Å². The van der Waals surface area contributed by atoms with Gasteiger partial charge in [-0.2, -0.15) is 0 Å². The average molecular weight is 310 g/mol. The summed E-state index contributed by atoms with van der Waals surface area (Å²) in [6.07, 6.45) is 2.06. The van der Waals surface area contributed by atoms with Gasteiger partial charge in [0.05, 0.1) is 17.7 Å². The second-order valence-electron chi connectivity index (χ2n) is 4.99. The molecule has 0 bridgehead atoms. The third kappa shape index (κ3) is 1.90. The molecule has 0 aromatic carbocycles. The molecule has 2 atom stereocenters. The molecular formula is C13H16BrN3O. The maximum Gasteiger partial charge on any atom is 0.225 e. The average Bonchev–Trinajstić information content (AvgIpc) is 2.75. The van der Waals surface area contributed by atoms with Crippen molar-refractivity contribution in [1.82, 2.24) is 10.3 Å². The zero-order valence-corrected chi connectivity index (χ0v) is 11.9. The van der Waals surface area contributed by atoms with Gasteiger partial charge in [-0.05, 0) is 47.8 Å². The number of hydrogen-bond donors (Lipinski definition) is 1. The Bertz CT molecular complexity index is 491. The van der Waals surface area contributed by atoms with Gasteiger partial charge in [0, 0.05) is 17.6 Å². The maximum atomic E-state index is 11.7. The molecule has 1 amide bonds. The summed E-state index contributed by atoms with van der Waals surface area (Å²) in [6, 6.07) is 4.34. The number of carbonyl (C=O) groups is 1. The molecule has 0 spiro atoms. The first-order valence-corrected chi connectivity index (χ1v) is 7.13. The van der Waals surface area contributed by atoms with E-state index in [1.54, 1.807) is 0 Å². The Hall–Kier alpha value is -1.10. The molecule has 2 saturated heterocycles. The summed E-state index contributed by atoms with van der Waals surface area (Å²) < 4.78 is 1.03. The third-order valence-corrected chi connectivity index (χ3v) is 4.74. The number of nitrogens with one attached hydrogen (secondary N) is 1. The van der Waals surface area contributed by atoms with E-state index in [0.717, 1.165) is 41.9 Å². The molecule has 2 fully saturated rings. The summed E-state index contributed by atoms with van der Waals surface area (Å²) in [5.74, 6) is 1.34. The normalized spacial score (nSPS) is 27.0. The predicted molar refractivity (Wildman–Crippen MR) is 73.5 cm³/mol. The van der Waals surface area contributed by atoms with Crippen molar-refractivity contribution in [2.75, 3.05) is 18.0 Å². The summed E-state index contributed by atoms with van der Waals surface area (Å²) >= 11 is 3.47. The van der Waals surface area contributed by atoms with Crippen molar-refractivity contribution in [2.24, 2.45) is 5.92 Å². The fraction of sp³-hybridized carbons (Fsp3) is 0.538. The largest absolute Gasteiger partial charge is 0.354 e. The molecule has 3 rings (SSSR count). The predicted octanol–water partition coefficient (Wildman–Crippen LogP) is 1.87. The lowest BCUT2D eigenvalue weighted by atomic mass is 9.91. The van der Waals surface area contributed by atoms with Gasteiger partial charge in [-0.15, -0.1) is 0 Å². The van der Waals surface area contributed by atoms with E-state index in [9.17, 15) is 4.79 Å². The number of halogens is 1. The minimum atomic E-state index is 0.143. The lowest BCUT2D eigenvalue weighted by Crippen LogP contribution is -2.46. The molecule has 5 heteroatoms. The SMILES string of the molecule is Cc1nc(N2CCCC3C(=O)NCC32)ccc1Br. The minimum absolute atomic E-state index is 0.143. The molecule has 1 aromatic rings.